The second-order valence-electron chi connectivity index (χ2n) is 6.34. The highest BCUT2D eigenvalue weighted by Crippen LogP contribution is 2.34. The molecule has 0 bridgehead atoms. The van der Waals surface area contributed by atoms with Crippen LogP contribution in [-0.2, 0) is 28.9 Å². The maximum atomic E-state index is 12.4. The van der Waals surface area contributed by atoms with E-state index in [4.69, 9.17) is 14.1 Å². The van der Waals surface area contributed by atoms with Gasteiger partial charge in [0.25, 0.3) is 0 Å². The molecule has 2 aromatic heterocycles. The molecule has 1 amide bonds. The number of amides is 1. The fraction of sp³-hybridized carbons (Fsp3) is 0.625. The Kier molecular flexibility index (Phi) is 4.67. The van der Waals surface area contributed by atoms with Crippen LogP contribution in [0.25, 0.3) is 0 Å². The molecule has 134 valence electrons. The third kappa shape index (κ3) is 3.67. The summed E-state index contributed by atoms with van der Waals surface area (Å²) in [6, 6.07) is 0. The molecule has 9 heteroatoms. The second-order valence-corrected chi connectivity index (χ2v) is 7.40. The molecule has 0 saturated carbocycles. The van der Waals surface area contributed by atoms with Crippen molar-refractivity contribution in [3.63, 3.8) is 0 Å². The maximum absolute atomic E-state index is 12.4. The minimum atomic E-state index is -0.0452. The molecule has 8 nitrogen and oxygen atoms in total. The highest BCUT2D eigenvalue weighted by atomic mass is 32.1. The van der Waals surface area contributed by atoms with Crippen LogP contribution in [-0.4, -0.2) is 47.4 Å². The van der Waals surface area contributed by atoms with Crippen molar-refractivity contribution in [1.82, 2.24) is 20.5 Å². The number of hydrogen-bond acceptors (Lipinski definition) is 8. The van der Waals surface area contributed by atoms with E-state index in [2.05, 4.69) is 20.4 Å². The minimum absolute atomic E-state index is 0.0300. The number of ether oxygens (including phenoxy) is 1. The number of morpholine rings is 1. The van der Waals surface area contributed by atoms with Gasteiger partial charge in [0, 0.05) is 37.2 Å². The van der Waals surface area contributed by atoms with Crippen molar-refractivity contribution in [3.05, 3.63) is 22.4 Å². The van der Waals surface area contributed by atoms with Crippen molar-refractivity contribution in [3.8, 4) is 0 Å². The number of carbonyl (C=O) groups is 1. The highest BCUT2D eigenvalue weighted by molar-refractivity contribution is 7.15. The number of thiazole rings is 1. The molecule has 0 aromatic carbocycles. The molecule has 0 radical (unpaired) electrons. The van der Waals surface area contributed by atoms with E-state index < -0.39 is 0 Å². The predicted molar refractivity (Wildman–Crippen MR) is 91.5 cm³/mol. The van der Waals surface area contributed by atoms with Gasteiger partial charge in [0.15, 0.2) is 5.13 Å². The van der Waals surface area contributed by atoms with Gasteiger partial charge in [0.2, 0.25) is 17.7 Å². The van der Waals surface area contributed by atoms with E-state index in [0.29, 0.717) is 18.2 Å². The molecule has 1 aliphatic carbocycles. The number of rotatable bonds is 4. The van der Waals surface area contributed by atoms with Gasteiger partial charge >= 0.3 is 0 Å². The van der Waals surface area contributed by atoms with Gasteiger partial charge in [-0.3, -0.25) is 4.79 Å². The summed E-state index contributed by atoms with van der Waals surface area (Å²) < 4.78 is 10.7. The number of carbonyl (C=O) groups excluding carboxylic acids is 1. The third-order valence-electron chi connectivity index (χ3n) is 4.56. The summed E-state index contributed by atoms with van der Waals surface area (Å²) in [4.78, 5) is 20.8. The molecule has 2 aromatic rings. The molecule has 2 aliphatic rings. The number of anilines is 1. The first-order valence-corrected chi connectivity index (χ1v) is 9.38. The van der Waals surface area contributed by atoms with Crippen LogP contribution in [0, 0.1) is 12.8 Å². The zero-order valence-corrected chi connectivity index (χ0v) is 15.0. The van der Waals surface area contributed by atoms with Crippen molar-refractivity contribution in [1.29, 1.82) is 0 Å². The van der Waals surface area contributed by atoms with Crippen LogP contribution >= 0.6 is 11.3 Å². The number of aromatic nitrogens is 3. The van der Waals surface area contributed by atoms with E-state index >= 15 is 0 Å². The van der Waals surface area contributed by atoms with Crippen molar-refractivity contribution in [2.45, 2.75) is 32.7 Å². The fourth-order valence-electron chi connectivity index (χ4n) is 3.20. The lowest BCUT2D eigenvalue weighted by molar-refractivity contribution is -0.125. The molecule has 1 unspecified atom stereocenters. The number of hydrogen-bond donors (Lipinski definition) is 1. The first kappa shape index (κ1) is 16.5. The first-order chi connectivity index (χ1) is 12.2. The summed E-state index contributed by atoms with van der Waals surface area (Å²) in [5.41, 5.74) is 1.08. The summed E-state index contributed by atoms with van der Waals surface area (Å²) >= 11 is 1.76. The van der Waals surface area contributed by atoms with Gasteiger partial charge in [-0.15, -0.1) is 21.5 Å². The fourth-order valence-corrected chi connectivity index (χ4v) is 4.35. The average Bonchev–Trinajstić information content (AvgIpc) is 3.25. The Morgan fingerprint density at radius 1 is 1.36 bits per heavy atom. The van der Waals surface area contributed by atoms with Gasteiger partial charge in [-0.05, 0) is 12.8 Å². The Morgan fingerprint density at radius 2 is 2.20 bits per heavy atom. The SMILES string of the molecule is Cc1nnc(CNC(=O)C2CCc3sc(N4CCOCC4)nc3C2)o1. The van der Waals surface area contributed by atoms with E-state index in [0.717, 1.165) is 50.0 Å². The van der Waals surface area contributed by atoms with Crippen LogP contribution in [0.1, 0.15) is 28.8 Å². The topological polar surface area (TPSA) is 93.4 Å². The summed E-state index contributed by atoms with van der Waals surface area (Å²) in [6.45, 7) is 5.29. The summed E-state index contributed by atoms with van der Waals surface area (Å²) in [5.74, 6) is 0.925. The van der Waals surface area contributed by atoms with Crippen LogP contribution in [0.5, 0.6) is 0 Å². The van der Waals surface area contributed by atoms with E-state index in [1.54, 1.807) is 18.3 Å². The summed E-state index contributed by atoms with van der Waals surface area (Å²) in [5, 5.41) is 11.6. The molecule has 1 fully saturated rings. The predicted octanol–water partition coefficient (Wildman–Crippen LogP) is 1.09. The Balaban J connectivity index is 1.36. The van der Waals surface area contributed by atoms with Crippen LogP contribution in [0.15, 0.2) is 4.42 Å². The zero-order chi connectivity index (χ0) is 17.2. The third-order valence-corrected chi connectivity index (χ3v) is 5.78. The molecule has 1 N–H and O–H groups in total. The van der Waals surface area contributed by atoms with Gasteiger partial charge in [-0.25, -0.2) is 4.98 Å². The van der Waals surface area contributed by atoms with Gasteiger partial charge in [0.1, 0.15) is 0 Å². The van der Waals surface area contributed by atoms with Crippen molar-refractivity contribution in [2.24, 2.45) is 5.92 Å². The molecule has 1 saturated heterocycles. The van der Waals surface area contributed by atoms with E-state index in [9.17, 15) is 4.79 Å². The van der Waals surface area contributed by atoms with Crippen LogP contribution in [0.2, 0.25) is 0 Å². The lowest BCUT2D eigenvalue weighted by Gasteiger charge is -2.26. The molecule has 1 atom stereocenters. The number of fused-ring (bicyclic) bond motifs is 1. The first-order valence-electron chi connectivity index (χ1n) is 8.57. The van der Waals surface area contributed by atoms with E-state index in [1.165, 1.54) is 4.88 Å². The molecular formula is C16H21N5O3S. The van der Waals surface area contributed by atoms with Crippen molar-refractivity contribution >= 4 is 22.4 Å². The van der Waals surface area contributed by atoms with Crippen molar-refractivity contribution in [2.75, 3.05) is 31.2 Å². The average molecular weight is 363 g/mol. The zero-order valence-electron chi connectivity index (χ0n) is 14.2. The molecule has 4 rings (SSSR count). The molecule has 1 aliphatic heterocycles. The van der Waals surface area contributed by atoms with E-state index in [-0.39, 0.29) is 18.4 Å². The van der Waals surface area contributed by atoms with Crippen molar-refractivity contribution < 1.29 is 13.9 Å². The lowest BCUT2D eigenvalue weighted by Crippen LogP contribution is -2.36. The maximum Gasteiger partial charge on any atom is 0.235 e. The summed E-state index contributed by atoms with van der Waals surface area (Å²) in [7, 11) is 0. The monoisotopic (exact) mass is 363 g/mol. The van der Waals surface area contributed by atoms with Gasteiger partial charge in [-0.1, -0.05) is 0 Å². The van der Waals surface area contributed by atoms with Crippen LogP contribution in [0.3, 0.4) is 0 Å². The standard InChI is InChI=1S/C16H21N5O3S/c1-10-19-20-14(24-10)9-17-15(22)11-2-3-13-12(8-11)18-16(25-13)21-4-6-23-7-5-21/h11H,2-9H2,1H3,(H,17,22). The van der Waals surface area contributed by atoms with Gasteiger partial charge in [0.05, 0.1) is 25.5 Å². The Hall–Kier alpha value is -2.00. The number of aryl methyl sites for hydroxylation is 2. The van der Waals surface area contributed by atoms with Crippen LogP contribution < -0.4 is 10.2 Å². The largest absolute Gasteiger partial charge is 0.424 e. The number of nitrogens with one attached hydrogen (secondary N) is 1. The van der Waals surface area contributed by atoms with Gasteiger partial charge < -0.3 is 19.4 Å². The molecule has 3 heterocycles. The smallest absolute Gasteiger partial charge is 0.235 e. The molecule has 25 heavy (non-hydrogen) atoms. The molecule has 0 spiro atoms. The second kappa shape index (κ2) is 7.09. The minimum Gasteiger partial charge on any atom is -0.424 e. The number of nitrogens with zero attached hydrogens (tertiary/aromatic N) is 4. The normalized spacial score (nSPS) is 20.4. The lowest BCUT2D eigenvalue weighted by atomic mass is 9.90. The highest BCUT2D eigenvalue weighted by Gasteiger charge is 2.29. The van der Waals surface area contributed by atoms with Gasteiger partial charge in [-0.2, -0.15) is 0 Å². The summed E-state index contributed by atoms with van der Waals surface area (Å²) in [6.07, 6.45) is 2.46. The quantitative estimate of drug-likeness (QED) is 0.869. The Bertz CT molecular complexity index is 753. The Labute approximate surface area is 149 Å². The molecular weight excluding hydrogens is 342 g/mol. The van der Waals surface area contributed by atoms with Crippen LogP contribution in [0.4, 0.5) is 5.13 Å². The van der Waals surface area contributed by atoms with E-state index in [1.807, 2.05) is 0 Å². The Morgan fingerprint density at radius 3 is 2.96 bits per heavy atom.